The summed E-state index contributed by atoms with van der Waals surface area (Å²) in [4.78, 5) is 11.5. The fourth-order valence-corrected chi connectivity index (χ4v) is 3.02. The number of carboxylic acid groups (broad SMARTS) is 1. The average Bonchev–Trinajstić information content (AvgIpc) is 2.93. The molecule has 3 rings (SSSR count). The Kier molecular flexibility index (Phi) is 3.33. The monoisotopic (exact) mass is 347 g/mol. The minimum absolute atomic E-state index is 0.280. The highest BCUT2D eigenvalue weighted by molar-refractivity contribution is 9.10. The smallest absolute Gasteiger partial charge is 0.352 e. The van der Waals surface area contributed by atoms with Gasteiger partial charge in [-0.2, -0.15) is 5.10 Å². The lowest BCUT2D eigenvalue weighted by Crippen LogP contribution is -2.12. The first-order chi connectivity index (χ1) is 9.99. The molecular formula is C15H14BrN3O2. The van der Waals surface area contributed by atoms with Crippen molar-refractivity contribution >= 4 is 32.8 Å². The zero-order valence-corrected chi connectivity index (χ0v) is 13.3. The van der Waals surface area contributed by atoms with Gasteiger partial charge in [-0.05, 0) is 35.0 Å². The second-order valence-electron chi connectivity index (χ2n) is 4.95. The first-order valence-electron chi connectivity index (χ1n) is 6.48. The second-order valence-corrected chi connectivity index (χ2v) is 5.74. The maximum absolute atomic E-state index is 11.5. The van der Waals surface area contributed by atoms with Gasteiger partial charge in [-0.15, -0.1) is 0 Å². The van der Waals surface area contributed by atoms with Crippen LogP contribution in [0.4, 0.5) is 0 Å². The van der Waals surface area contributed by atoms with Crippen LogP contribution in [0.1, 0.15) is 21.9 Å². The SMILES string of the molecule is Cc1nn(C)c(Cn2c(C(=O)O)cc3ccccc32)c1Br. The van der Waals surface area contributed by atoms with Gasteiger partial charge in [0.25, 0.3) is 0 Å². The van der Waals surface area contributed by atoms with Crippen molar-refractivity contribution in [3.05, 3.63) is 51.9 Å². The van der Waals surface area contributed by atoms with Gasteiger partial charge in [0, 0.05) is 18.0 Å². The molecule has 6 heteroatoms. The van der Waals surface area contributed by atoms with E-state index in [1.807, 2.05) is 38.2 Å². The standard InChI is InChI=1S/C15H14BrN3O2/c1-9-14(16)13(18(2)17-9)8-19-11-6-4-3-5-10(11)7-12(19)15(20)21/h3-7H,8H2,1-2H3,(H,20,21). The highest BCUT2D eigenvalue weighted by Gasteiger charge is 2.18. The van der Waals surface area contributed by atoms with E-state index in [2.05, 4.69) is 21.0 Å². The van der Waals surface area contributed by atoms with Gasteiger partial charge in [0.15, 0.2) is 0 Å². The Bertz CT molecular complexity index is 848. The quantitative estimate of drug-likeness (QED) is 0.791. The molecule has 1 aromatic carbocycles. The summed E-state index contributed by atoms with van der Waals surface area (Å²) in [6.45, 7) is 2.37. The molecule has 0 aliphatic rings. The molecule has 0 aliphatic heterocycles. The van der Waals surface area contributed by atoms with E-state index in [1.165, 1.54) is 0 Å². The van der Waals surface area contributed by atoms with Gasteiger partial charge in [-0.3, -0.25) is 4.68 Å². The Morgan fingerprint density at radius 3 is 2.71 bits per heavy atom. The number of halogens is 1. The molecule has 0 saturated carbocycles. The van der Waals surface area contributed by atoms with Crippen LogP contribution in [0.5, 0.6) is 0 Å². The van der Waals surface area contributed by atoms with Crippen LogP contribution < -0.4 is 0 Å². The molecule has 21 heavy (non-hydrogen) atoms. The molecule has 0 atom stereocenters. The number of rotatable bonds is 3. The summed E-state index contributed by atoms with van der Waals surface area (Å²) in [5.74, 6) is -0.929. The van der Waals surface area contributed by atoms with Crippen LogP contribution in [0, 0.1) is 6.92 Å². The summed E-state index contributed by atoms with van der Waals surface area (Å²) in [6.07, 6.45) is 0. The van der Waals surface area contributed by atoms with Crippen LogP contribution in [0.15, 0.2) is 34.8 Å². The van der Waals surface area contributed by atoms with Crippen LogP contribution in [0.3, 0.4) is 0 Å². The van der Waals surface area contributed by atoms with Crippen molar-refractivity contribution < 1.29 is 9.90 Å². The lowest BCUT2D eigenvalue weighted by Gasteiger charge is -2.09. The molecule has 0 radical (unpaired) electrons. The highest BCUT2D eigenvalue weighted by atomic mass is 79.9. The first-order valence-corrected chi connectivity index (χ1v) is 7.28. The van der Waals surface area contributed by atoms with E-state index < -0.39 is 5.97 Å². The number of carboxylic acids is 1. The minimum atomic E-state index is -0.929. The van der Waals surface area contributed by atoms with Gasteiger partial charge in [-0.25, -0.2) is 4.79 Å². The number of benzene rings is 1. The Labute approximate surface area is 129 Å². The van der Waals surface area contributed by atoms with Gasteiger partial charge in [0.2, 0.25) is 0 Å². The number of fused-ring (bicyclic) bond motifs is 1. The molecule has 108 valence electrons. The van der Waals surface area contributed by atoms with E-state index in [1.54, 1.807) is 15.3 Å². The molecule has 2 aromatic heterocycles. The Morgan fingerprint density at radius 1 is 1.38 bits per heavy atom. The van der Waals surface area contributed by atoms with Crippen molar-refractivity contribution in [3.8, 4) is 0 Å². The van der Waals surface area contributed by atoms with Crippen molar-refractivity contribution in [1.29, 1.82) is 0 Å². The molecule has 1 N–H and O–H groups in total. The molecule has 0 unspecified atom stereocenters. The van der Waals surface area contributed by atoms with Crippen LogP contribution in [0.25, 0.3) is 10.9 Å². The molecule has 3 aromatic rings. The molecule has 2 heterocycles. The Hall–Kier alpha value is -2.08. The molecule has 0 aliphatic carbocycles. The molecular weight excluding hydrogens is 334 g/mol. The topological polar surface area (TPSA) is 60.0 Å². The summed E-state index contributed by atoms with van der Waals surface area (Å²) in [7, 11) is 1.86. The van der Waals surface area contributed by atoms with E-state index in [0.717, 1.165) is 26.8 Å². The maximum Gasteiger partial charge on any atom is 0.352 e. The van der Waals surface area contributed by atoms with Crippen molar-refractivity contribution in [2.24, 2.45) is 7.05 Å². The fourth-order valence-electron chi connectivity index (χ4n) is 2.56. The van der Waals surface area contributed by atoms with Gasteiger partial charge >= 0.3 is 5.97 Å². The molecule has 0 spiro atoms. The van der Waals surface area contributed by atoms with E-state index in [4.69, 9.17) is 0 Å². The summed E-state index contributed by atoms with van der Waals surface area (Å²) >= 11 is 3.53. The summed E-state index contributed by atoms with van der Waals surface area (Å²) < 4.78 is 4.50. The van der Waals surface area contributed by atoms with Gasteiger partial charge in [0.05, 0.1) is 22.4 Å². The van der Waals surface area contributed by atoms with E-state index in [9.17, 15) is 9.90 Å². The van der Waals surface area contributed by atoms with Gasteiger partial charge in [-0.1, -0.05) is 18.2 Å². The van der Waals surface area contributed by atoms with Crippen LogP contribution >= 0.6 is 15.9 Å². The van der Waals surface area contributed by atoms with Crippen molar-refractivity contribution in [1.82, 2.24) is 14.3 Å². The normalized spacial score (nSPS) is 11.2. The molecule has 5 nitrogen and oxygen atoms in total. The van der Waals surface area contributed by atoms with Gasteiger partial charge < -0.3 is 9.67 Å². The third-order valence-electron chi connectivity index (χ3n) is 3.60. The molecule has 0 fully saturated rings. The van der Waals surface area contributed by atoms with Crippen molar-refractivity contribution in [2.45, 2.75) is 13.5 Å². The third kappa shape index (κ3) is 2.25. The number of carbonyl (C=O) groups is 1. The minimum Gasteiger partial charge on any atom is -0.477 e. The van der Waals surface area contributed by atoms with Crippen molar-refractivity contribution in [3.63, 3.8) is 0 Å². The maximum atomic E-state index is 11.5. The van der Waals surface area contributed by atoms with Gasteiger partial charge in [0.1, 0.15) is 5.69 Å². The number of hydrogen-bond acceptors (Lipinski definition) is 2. The van der Waals surface area contributed by atoms with E-state index in [0.29, 0.717) is 6.54 Å². The van der Waals surface area contributed by atoms with Crippen LogP contribution in [-0.2, 0) is 13.6 Å². The lowest BCUT2D eigenvalue weighted by atomic mass is 10.2. The Morgan fingerprint density at radius 2 is 2.10 bits per heavy atom. The van der Waals surface area contributed by atoms with Crippen LogP contribution in [0.2, 0.25) is 0 Å². The number of aryl methyl sites for hydroxylation is 2. The molecule has 0 saturated heterocycles. The molecule has 0 amide bonds. The predicted octanol–water partition coefficient (Wildman–Crippen LogP) is 3.19. The number of aromatic nitrogens is 3. The molecule has 0 bridgehead atoms. The number of nitrogens with zero attached hydrogens (tertiary/aromatic N) is 3. The summed E-state index contributed by atoms with van der Waals surface area (Å²) in [6, 6.07) is 9.37. The third-order valence-corrected chi connectivity index (χ3v) is 4.63. The summed E-state index contributed by atoms with van der Waals surface area (Å²) in [5, 5.41) is 14.7. The van der Waals surface area contributed by atoms with Crippen molar-refractivity contribution in [2.75, 3.05) is 0 Å². The van der Waals surface area contributed by atoms with E-state index >= 15 is 0 Å². The average molecular weight is 348 g/mol. The highest BCUT2D eigenvalue weighted by Crippen LogP contribution is 2.25. The van der Waals surface area contributed by atoms with E-state index in [-0.39, 0.29) is 5.69 Å². The zero-order valence-electron chi connectivity index (χ0n) is 11.7. The second kappa shape index (κ2) is 5.04. The van der Waals surface area contributed by atoms with Crippen LogP contribution in [-0.4, -0.2) is 25.4 Å². The predicted molar refractivity (Wildman–Crippen MR) is 83.6 cm³/mol. The first kappa shape index (κ1) is 13.9. The Balaban J connectivity index is 2.19. The largest absolute Gasteiger partial charge is 0.477 e. The lowest BCUT2D eigenvalue weighted by molar-refractivity contribution is 0.0686. The summed E-state index contributed by atoms with van der Waals surface area (Å²) in [5.41, 5.74) is 3.01. The number of para-hydroxylation sites is 1. The number of aromatic carboxylic acids is 1. The zero-order chi connectivity index (χ0) is 15.1. The number of hydrogen-bond donors (Lipinski definition) is 1. The fraction of sp³-hybridized carbons (Fsp3) is 0.200.